The molecule has 0 bridgehead atoms. The third kappa shape index (κ3) is 4.52. The van der Waals surface area contributed by atoms with Crippen LogP contribution in [0.2, 0.25) is 0 Å². The molecular formula is C17H19NO3SSe. The van der Waals surface area contributed by atoms with Crippen LogP contribution < -0.4 is 3.56 Å². The maximum absolute atomic E-state index is 10.4. The Kier molecular flexibility index (Phi) is 5.42. The molecule has 0 radical (unpaired) electrons. The molecule has 0 fully saturated rings. The normalized spacial score (nSPS) is 11.2. The Morgan fingerprint density at radius 1 is 0.957 bits per heavy atom. The molecule has 1 aromatic heterocycles. The zero-order chi connectivity index (χ0) is 17.2. The summed E-state index contributed by atoms with van der Waals surface area (Å²) in [7, 11) is -2.10. The van der Waals surface area contributed by atoms with Crippen LogP contribution in [-0.2, 0) is 17.2 Å². The molecule has 0 amide bonds. The van der Waals surface area contributed by atoms with Gasteiger partial charge in [0.05, 0.1) is 4.90 Å². The molecule has 0 unspecified atom stereocenters. The standard InChI is InChI=1S/C10H12NSe.C7H8O3S/c1-7-4-5-10-9(6-7)8(2)11(3)12-10;1-6-2-4-7(5-3-6)11(8,9)10/h4-6H,1-3H3;2-5H,1H3,(H,8,9,10)/q+1;/p-1. The summed E-state index contributed by atoms with van der Waals surface area (Å²) in [5.74, 6) is 0. The summed E-state index contributed by atoms with van der Waals surface area (Å²) in [5.41, 5.74) is 3.71. The number of hydrogen-bond donors (Lipinski definition) is 0. The van der Waals surface area contributed by atoms with E-state index in [0.29, 0.717) is 14.7 Å². The van der Waals surface area contributed by atoms with Crippen molar-refractivity contribution in [1.29, 1.82) is 0 Å². The van der Waals surface area contributed by atoms with E-state index in [1.807, 2.05) is 6.92 Å². The monoisotopic (exact) mass is 397 g/mol. The molecule has 3 rings (SSSR count). The molecule has 0 N–H and O–H groups in total. The number of benzene rings is 2. The second-order valence-corrected chi connectivity index (χ2v) is 9.28. The summed E-state index contributed by atoms with van der Waals surface area (Å²) in [6, 6.07) is 12.5. The molecule has 0 saturated heterocycles. The number of rotatable bonds is 1. The first-order chi connectivity index (χ1) is 10.7. The first-order valence-corrected chi connectivity index (χ1v) is 10.1. The Balaban J connectivity index is 0.000000168. The molecule has 0 atom stereocenters. The first-order valence-electron chi connectivity index (χ1n) is 7.07. The summed E-state index contributed by atoms with van der Waals surface area (Å²) < 4.78 is 35.0. The van der Waals surface area contributed by atoms with Gasteiger partial charge in [-0.05, 0) is 19.1 Å². The fraction of sp³-hybridized carbons (Fsp3) is 0.235. The van der Waals surface area contributed by atoms with Crippen molar-refractivity contribution in [1.82, 2.24) is 0 Å². The number of fused-ring (bicyclic) bond motifs is 1. The van der Waals surface area contributed by atoms with E-state index in [1.165, 1.54) is 33.0 Å². The van der Waals surface area contributed by atoms with E-state index >= 15 is 0 Å². The van der Waals surface area contributed by atoms with Crippen molar-refractivity contribution in [3.8, 4) is 0 Å². The van der Waals surface area contributed by atoms with E-state index < -0.39 is 10.1 Å². The Morgan fingerprint density at radius 2 is 1.52 bits per heavy atom. The minimum absolute atomic E-state index is 0.178. The van der Waals surface area contributed by atoms with Crippen LogP contribution in [0.3, 0.4) is 0 Å². The third-order valence-electron chi connectivity index (χ3n) is 3.54. The topological polar surface area (TPSA) is 61.1 Å². The van der Waals surface area contributed by atoms with Crippen molar-refractivity contribution in [2.75, 3.05) is 0 Å². The van der Waals surface area contributed by atoms with Crippen molar-refractivity contribution in [2.24, 2.45) is 7.05 Å². The molecule has 0 aliphatic heterocycles. The number of aryl methyl sites for hydroxylation is 4. The molecule has 23 heavy (non-hydrogen) atoms. The van der Waals surface area contributed by atoms with Crippen molar-refractivity contribution in [3.05, 3.63) is 59.3 Å². The van der Waals surface area contributed by atoms with Crippen LogP contribution >= 0.6 is 0 Å². The molecule has 122 valence electrons. The van der Waals surface area contributed by atoms with Crippen LogP contribution in [0.25, 0.3) is 9.65 Å². The van der Waals surface area contributed by atoms with Gasteiger partial charge < -0.3 is 4.55 Å². The van der Waals surface area contributed by atoms with Gasteiger partial charge in [0, 0.05) is 0 Å². The molecular weight excluding hydrogens is 377 g/mol. The molecule has 0 aliphatic rings. The van der Waals surface area contributed by atoms with Crippen molar-refractivity contribution < 1.29 is 16.5 Å². The quantitative estimate of drug-likeness (QED) is 0.468. The number of aromatic nitrogens is 1. The van der Waals surface area contributed by atoms with Crippen LogP contribution in [-0.4, -0.2) is 27.7 Å². The van der Waals surface area contributed by atoms with Crippen molar-refractivity contribution in [2.45, 2.75) is 25.7 Å². The number of nitrogens with zero attached hydrogens (tertiary/aromatic N) is 1. The zero-order valence-electron chi connectivity index (χ0n) is 13.5. The Morgan fingerprint density at radius 3 is 2.09 bits per heavy atom. The molecule has 3 aromatic rings. The summed E-state index contributed by atoms with van der Waals surface area (Å²) in [5, 5.41) is 1.46. The molecule has 6 heteroatoms. The van der Waals surface area contributed by atoms with Gasteiger partial charge in [0.25, 0.3) is 0 Å². The Bertz CT molecular complexity index is 928. The van der Waals surface area contributed by atoms with Gasteiger partial charge in [-0.3, -0.25) is 0 Å². The molecule has 0 aliphatic carbocycles. The van der Waals surface area contributed by atoms with E-state index in [4.69, 9.17) is 0 Å². The van der Waals surface area contributed by atoms with Gasteiger partial charge in [0.1, 0.15) is 10.1 Å². The Hall–Kier alpha value is -1.46. The fourth-order valence-corrected chi connectivity index (χ4v) is 4.59. The second kappa shape index (κ2) is 6.97. The first kappa shape index (κ1) is 17.9. The molecule has 0 spiro atoms. The van der Waals surface area contributed by atoms with Crippen LogP contribution in [0.4, 0.5) is 0 Å². The van der Waals surface area contributed by atoms with Gasteiger partial charge in [-0.25, -0.2) is 8.42 Å². The van der Waals surface area contributed by atoms with E-state index in [2.05, 4.69) is 42.7 Å². The van der Waals surface area contributed by atoms with Gasteiger partial charge in [0.15, 0.2) is 0 Å². The molecule has 1 heterocycles. The van der Waals surface area contributed by atoms with Gasteiger partial charge >= 0.3 is 78.3 Å². The van der Waals surface area contributed by atoms with E-state index in [0.717, 1.165) is 5.56 Å². The van der Waals surface area contributed by atoms with E-state index in [-0.39, 0.29) is 4.90 Å². The van der Waals surface area contributed by atoms with Crippen LogP contribution in [0, 0.1) is 20.8 Å². The van der Waals surface area contributed by atoms with Crippen molar-refractivity contribution >= 4 is 34.5 Å². The number of hydrogen-bond acceptors (Lipinski definition) is 3. The van der Waals surface area contributed by atoms with E-state index in [9.17, 15) is 13.0 Å². The predicted octanol–water partition coefficient (Wildman–Crippen LogP) is 2.24. The van der Waals surface area contributed by atoms with E-state index in [1.54, 1.807) is 12.1 Å². The fourth-order valence-electron chi connectivity index (χ4n) is 2.10. The zero-order valence-corrected chi connectivity index (χ0v) is 16.1. The summed E-state index contributed by atoms with van der Waals surface area (Å²) in [6.07, 6.45) is 0. The summed E-state index contributed by atoms with van der Waals surface area (Å²) in [4.78, 5) is -0.178. The van der Waals surface area contributed by atoms with Crippen molar-refractivity contribution in [3.63, 3.8) is 0 Å². The van der Waals surface area contributed by atoms with Crippen LogP contribution in [0.15, 0.2) is 47.4 Å². The summed E-state index contributed by atoms with van der Waals surface area (Å²) in [6.45, 7) is 6.17. The van der Waals surface area contributed by atoms with Gasteiger partial charge in [-0.1, -0.05) is 17.7 Å². The maximum atomic E-state index is 10.4. The molecule has 0 saturated carbocycles. The molecule has 4 nitrogen and oxygen atoms in total. The predicted molar refractivity (Wildman–Crippen MR) is 90.7 cm³/mol. The molecule has 2 aromatic carbocycles. The minimum atomic E-state index is -4.27. The van der Waals surface area contributed by atoms with Crippen LogP contribution in [0.1, 0.15) is 16.8 Å². The van der Waals surface area contributed by atoms with Crippen LogP contribution in [0.5, 0.6) is 0 Å². The average Bonchev–Trinajstić information content (AvgIpc) is 2.75. The second-order valence-electron chi connectivity index (χ2n) is 5.44. The Labute approximate surface area is 143 Å². The van der Waals surface area contributed by atoms with Gasteiger partial charge in [-0.2, -0.15) is 0 Å². The average molecular weight is 396 g/mol. The summed E-state index contributed by atoms with van der Waals surface area (Å²) >= 11 is 0.521. The van der Waals surface area contributed by atoms with Gasteiger partial charge in [0.2, 0.25) is 0 Å². The third-order valence-corrected chi connectivity index (χ3v) is 6.70. The van der Waals surface area contributed by atoms with Gasteiger partial charge in [-0.15, -0.1) is 0 Å². The SMILES string of the molecule is Cc1ccc(S(=O)(=O)[O-])cc1.Cc1ccc2[se][n+](C)c(C)c2c1.